The van der Waals surface area contributed by atoms with E-state index in [0.717, 1.165) is 5.76 Å². The predicted octanol–water partition coefficient (Wildman–Crippen LogP) is 3.07. The van der Waals surface area contributed by atoms with Crippen LogP contribution in [0.5, 0.6) is 11.5 Å². The smallest absolute Gasteiger partial charge is 0.251 e. The molecule has 1 N–H and O–H groups in total. The molecule has 5 nitrogen and oxygen atoms in total. The fraction of sp³-hybridized carbons (Fsp3) is 0.312. The van der Waals surface area contributed by atoms with Crippen LogP contribution in [0.2, 0.25) is 5.02 Å². The molecule has 0 bridgehead atoms. The van der Waals surface area contributed by atoms with Gasteiger partial charge in [0, 0.05) is 18.0 Å². The highest BCUT2D eigenvalue weighted by molar-refractivity contribution is 6.32. The Hall–Kier alpha value is -2.14. The van der Waals surface area contributed by atoms with Crippen LogP contribution in [0.3, 0.4) is 0 Å². The molecule has 0 fully saturated rings. The number of furan rings is 1. The lowest BCUT2D eigenvalue weighted by Gasteiger charge is -2.20. The van der Waals surface area contributed by atoms with Crippen molar-refractivity contribution in [2.45, 2.75) is 19.4 Å². The van der Waals surface area contributed by atoms with Crippen molar-refractivity contribution in [3.05, 3.63) is 46.9 Å². The van der Waals surface area contributed by atoms with Gasteiger partial charge in [-0.1, -0.05) is 11.6 Å². The van der Waals surface area contributed by atoms with E-state index in [2.05, 4.69) is 5.32 Å². The van der Waals surface area contributed by atoms with Gasteiger partial charge in [-0.15, -0.1) is 0 Å². The van der Waals surface area contributed by atoms with E-state index in [1.54, 1.807) is 18.4 Å². The van der Waals surface area contributed by atoms with Gasteiger partial charge in [0.05, 0.1) is 11.3 Å². The first-order chi connectivity index (χ1) is 10.6. The van der Waals surface area contributed by atoms with E-state index in [1.807, 2.05) is 19.1 Å². The SMILES string of the molecule is C[C@@H](Cc1ccco1)NC(=O)c1cc(Cl)c2c(c1)OCCO2. The molecule has 1 aliphatic rings. The van der Waals surface area contributed by atoms with E-state index < -0.39 is 0 Å². The third kappa shape index (κ3) is 3.20. The number of hydrogen-bond donors (Lipinski definition) is 1. The van der Waals surface area contributed by atoms with Gasteiger partial charge in [0.25, 0.3) is 5.91 Å². The zero-order chi connectivity index (χ0) is 15.5. The molecule has 0 radical (unpaired) electrons. The number of rotatable bonds is 4. The predicted molar refractivity (Wildman–Crippen MR) is 81.8 cm³/mol. The van der Waals surface area contributed by atoms with E-state index in [0.29, 0.717) is 41.7 Å². The number of nitrogens with one attached hydrogen (secondary N) is 1. The Bertz CT molecular complexity index is 669. The number of benzene rings is 1. The highest BCUT2D eigenvalue weighted by Gasteiger charge is 2.20. The normalized spacial score (nSPS) is 14.5. The van der Waals surface area contributed by atoms with Crippen LogP contribution in [0.4, 0.5) is 0 Å². The summed E-state index contributed by atoms with van der Waals surface area (Å²) in [4.78, 5) is 12.3. The van der Waals surface area contributed by atoms with Gasteiger partial charge in [0.2, 0.25) is 0 Å². The number of halogens is 1. The Morgan fingerprint density at radius 1 is 1.36 bits per heavy atom. The molecule has 1 aromatic carbocycles. The van der Waals surface area contributed by atoms with Crippen molar-refractivity contribution in [2.75, 3.05) is 13.2 Å². The molecule has 1 atom stereocenters. The third-order valence-electron chi connectivity index (χ3n) is 3.32. The van der Waals surface area contributed by atoms with Gasteiger partial charge >= 0.3 is 0 Å². The average Bonchev–Trinajstić information content (AvgIpc) is 3.00. The van der Waals surface area contributed by atoms with Gasteiger partial charge in [-0.05, 0) is 31.2 Å². The van der Waals surface area contributed by atoms with Crippen LogP contribution in [0.1, 0.15) is 23.0 Å². The molecular formula is C16H16ClNO4. The summed E-state index contributed by atoms with van der Waals surface area (Å²) in [5, 5.41) is 3.29. The molecule has 116 valence electrons. The lowest BCUT2D eigenvalue weighted by atomic mass is 10.1. The molecule has 22 heavy (non-hydrogen) atoms. The second kappa shape index (κ2) is 6.32. The van der Waals surface area contributed by atoms with Gasteiger partial charge in [-0.25, -0.2) is 0 Å². The van der Waals surface area contributed by atoms with Gasteiger partial charge < -0.3 is 19.2 Å². The van der Waals surface area contributed by atoms with Crippen molar-refractivity contribution in [1.29, 1.82) is 0 Å². The third-order valence-corrected chi connectivity index (χ3v) is 3.60. The summed E-state index contributed by atoms with van der Waals surface area (Å²) in [6.45, 7) is 2.82. The first-order valence-electron chi connectivity index (χ1n) is 7.06. The zero-order valence-corrected chi connectivity index (χ0v) is 12.9. The minimum Gasteiger partial charge on any atom is -0.486 e. The summed E-state index contributed by atoms with van der Waals surface area (Å²) in [7, 11) is 0. The van der Waals surface area contributed by atoms with Crippen LogP contribution >= 0.6 is 11.6 Å². The van der Waals surface area contributed by atoms with Crippen LogP contribution in [0, 0.1) is 0 Å². The van der Waals surface area contributed by atoms with Crippen molar-refractivity contribution < 1.29 is 18.7 Å². The van der Waals surface area contributed by atoms with E-state index in [9.17, 15) is 4.79 Å². The summed E-state index contributed by atoms with van der Waals surface area (Å²) in [6.07, 6.45) is 2.24. The number of ether oxygens (including phenoxy) is 2. The fourth-order valence-electron chi connectivity index (χ4n) is 2.33. The lowest BCUT2D eigenvalue weighted by Crippen LogP contribution is -2.34. The Labute approximate surface area is 133 Å². The molecule has 1 amide bonds. The fourth-order valence-corrected chi connectivity index (χ4v) is 2.60. The zero-order valence-electron chi connectivity index (χ0n) is 12.1. The minimum absolute atomic E-state index is 0.0642. The minimum atomic E-state index is -0.210. The van der Waals surface area contributed by atoms with Crippen LogP contribution in [0.15, 0.2) is 34.9 Å². The van der Waals surface area contributed by atoms with Gasteiger partial charge in [0.15, 0.2) is 11.5 Å². The Morgan fingerprint density at radius 3 is 2.95 bits per heavy atom. The molecule has 2 heterocycles. The number of carbonyl (C=O) groups is 1. The molecule has 0 aliphatic carbocycles. The first-order valence-corrected chi connectivity index (χ1v) is 7.43. The topological polar surface area (TPSA) is 60.7 Å². The molecule has 6 heteroatoms. The number of hydrogen-bond acceptors (Lipinski definition) is 4. The van der Waals surface area contributed by atoms with Crippen molar-refractivity contribution in [3.63, 3.8) is 0 Å². The van der Waals surface area contributed by atoms with Crippen LogP contribution < -0.4 is 14.8 Å². The lowest BCUT2D eigenvalue weighted by molar-refractivity contribution is 0.0938. The molecule has 0 unspecified atom stereocenters. The van der Waals surface area contributed by atoms with E-state index >= 15 is 0 Å². The quantitative estimate of drug-likeness (QED) is 0.940. The van der Waals surface area contributed by atoms with Crippen LogP contribution in [0.25, 0.3) is 0 Å². The number of fused-ring (bicyclic) bond motifs is 1. The summed E-state index contributed by atoms with van der Waals surface area (Å²) < 4.78 is 16.2. The maximum Gasteiger partial charge on any atom is 0.251 e. The van der Waals surface area contributed by atoms with Crippen molar-refractivity contribution in [2.24, 2.45) is 0 Å². The molecule has 1 aliphatic heterocycles. The second-order valence-corrected chi connectivity index (χ2v) is 5.55. The van der Waals surface area contributed by atoms with Crippen molar-refractivity contribution >= 4 is 17.5 Å². The molecular weight excluding hydrogens is 306 g/mol. The largest absolute Gasteiger partial charge is 0.486 e. The molecule has 1 aromatic heterocycles. The standard InChI is InChI=1S/C16H16ClNO4/c1-10(7-12-3-2-4-20-12)18-16(19)11-8-13(17)15-14(9-11)21-5-6-22-15/h2-4,8-10H,5-7H2,1H3,(H,18,19)/t10-/m0/s1. The summed E-state index contributed by atoms with van der Waals surface area (Å²) in [5.74, 6) is 1.61. The first kappa shape index (κ1) is 14.8. The van der Waals surface area contributed by atoms with Gasteiger partial charge in [-0.3, -0.25) is 4.79 Å². The van der Waals surface area contributed by atoms with Gasteiger partial charge in [0.1, 0.15) is 19.0 Å². The summed E-state index contributed by atoms with van der Waals surface area (Å²) >= 11 is 6.14. The van der Waals surface area contributed by atoms with Crippen molar-refractivity contribution in [3.8, 4) is 11.5 Å². The Kier molecular flexibility index (Phi) is 4.24. The summed E-state index contributed by atoms with van der Waals surface area (Å²) in [5.41, 5.74) is 0.445. The highest BCUT2D eigenvalue weighted by Crippen LogP contribution is 2.38. The van der Waals surface area contributed by atoms with Crippen LogP contribution in [-0.2, 0) is 6.42 Å². The van der Waals surface area contributed by atoms with Gasteiger partial charge in [-0.2, -0.15) is 0 Å². The molecule has 0 saturated carbocycles. The summed E-state index contributed by atoms with van der Waals surface area (Å²) in [6, 6.07) is 6.87. The average molecular weight is 322 g/mol. The highest BCUT2D eigenvalue weighted by atomic mass is 35.5. The van der Waals surface area contributed by atoms with Crippen molar-refractivity contribution in [1.82, 2.24) is 5.32 Å². The van der Waals surface area contributed by atoms with E-state index in [4.69, 9.17) is 25.5 Å². The maximum absolute atomic E-state index is 12.3. The Morgan fingerprint density at radius 2 is 2.18 bits per heavy atom. The molecule has 0 spiro atoms. The molecule has 3 rings (SSSR count). The molecule has 0 saturated heterocycles. The number of carbonyl (C=O) groups excluding carboxylic acids is 1. The monoisotopic (exact) mass is 321 g/mol. The molecule has 2 aromatic rings. The number of amides is 1. The maximum atomic E-state index is 12.3. The van der Waals surface area contributed by atoms with Crippen LogP contribution in [-0.4, -0.2) is 25.2 Å². The van der Waals surface area contributed by atoms with E-state index in [-0.39, 0.29) is 11.9 Å². The van der Waals surface area contributed by atoms with E-state index in [1.165, 1.54) is 0 Å². The Balaban J connectivity index is 1.70. The second-order valence-electron chi connectivity index (χ2n) is 5.14.